The van der Waals surface area contributed by atoms with E-state index >= 15 is 0 Å². The van der Waals surface area contributed by atoms with Crippen LogP contribution in [0, 0.1) is 6.92 Å². The molecular formula is C17H25N5. The first-order valence-corrected chi connectivity index (χ1v) is 8.12. The number of aliphatic imine (C=N–C) groups is 1. The molecule has 1 heterocycles. The van der Waals surface area contributed by atoms with Crippen LogP contribution in [0.15, 0.2) is 23.2 Å². The fraction of sp³-hybridized carbons (Fsp3) is 0.529. The summed E-state index contributed by atoms with van der Waals surface area (Å²) in [6, 6.07) is 6.80. The maximum Gasteiger partial charge on any atom is 0.189 e. The largest absolute Gasteiger partial charge is 0.370 e. The summed E-state index contributed by atoms with van der Waals surface area (Å²) >= 11 is 0. The zero-order valence-electron chi connectivity index (χ0n) is 13.5. The SMILES string of the molecule is Cc1ccc2c(c1)nc(CN=C(N)NC1CCCCC1)n2C. The highest BCUT2D eigenvalue weighted by Crippen LogP contribution is 2.18. The van der Waals surface area contributed by atoms with Crippen molar-refractivity contribution in [2.45, 2.75) is 51.6 Å². The quantitative estimate of drug-likeness (QED) is 0.676. The van der Waals surface area contributed by atoms with Crippen molar-refractivity contribution < 1.29 is 0 Å². The Balaban J connectivity index is 1.69. The summed E-state index contributed by atoms with van der Waals surface area (Å²) in [5, 5.41) is 3.34. The first-order chi connectivity index (χ1) is 10.6. The smallest absolute Gasteiger partial charge is 0.189 e. The molecule has 5 nitrogen and oxygen atoms in total. The molecule has 1 aliphatic carbocycles. The molecule has 1 fully saturated rings. The summed E-state index contributed by atoms with van der Waals surface area (Å²) < 4.78 is 2.09. The van der Waals surface area contributed by atoms with Gasteiger partial charge in [0.25, 0.3) is 0 Å². The number of hydrogen-bond donors (Lipinski definition) is 2. The summed E-state index contributed by atoms with van der Waals surface area (Å²) in [4.78, 5) is 9.13. The average Bonchev–Trinajstić information content (AvgIpc) is 2.82. The van der Waals surface area contributed by atoms with Gasteiger partial charge in [0.15, 0.2) is 5.96 Å². The third-order valence-corrected chi connectivity index (χ3v) is 4.48. The summed E-state index contributed by atoms with van der Waals surface area (Å²) in [6.07, 6.45) is 6.31. The molecule has 0 spiro atoms. The minimum absolute atomic E-state index is 0.487. The van der Waals surface area contributed by atoms with Gasteiger partial charge >= 0.3 is 0 Å². The molecule has 0 amide bonds. The Hall–Kier alpha value is -2.04. The minimum atomic E-state index is 0.487. The van der Waals surface area contributed by atoms with Gasteiger partial charge in [-0.05, 0) is 37.5 Å². The number of nitrogens with zero attached hydrogens (tertiary/aromatic N) is 3. The van der Waals surface area contributed by atoms with Gasteiger partial charge in [0.1, 0.15) is 12.4 Å². The van der Waals surface area contributed by atoms with Crippen LogP contribution in [-0.4, -0.2) is 21.6 Å². The van der Waals surface area contributed by atoms with E-state index in [1.54, 1.807) is 0 Å². The highest BCUT2D eigenvalue weighted by Gasteiger charge is 2.13. The average molecular weight is 299 g/mol. The molecule has 2 aromatic rings. The van der Waals surface area contributed by atoms with E-state index in [1.165, 1.54) is 37.7 Å². The number of guanidine groups is 1. The van der Waals surface area contributed by atoms with Gasteiger partial charge in [0, 0.05) is 13.1 Å². The number of rotatable bonds is 3. The molecule has 0 atom stereocenters. The lowest BCUT2D eigenvalue weighted by molar-refractivity contribution is 0.412. The van der Waals surface area contributed by atoms with Crippen LogP contribution < -0.4 is 11.1 Å². The Morgan fingerprint density at radius 1 is 1.36 bits per heavy atom. The topological polar surface area (TPSA) is 68.2 Å². The maximum atomic E-state index is 6.02. The van der Waals surface area contributed by atoms with Crippen LogP contribution in [0.3, 0.4) is 0 Å². The maximum absolute atomic E-state index is 6.02. The lowest BCUT2D eigenvalue weighted by Crippen LogP contribution is -2.41. The van der Waals surface area contributed by atoms with E-state index in [2.05, 4.69) is 45.0 Å². The van der Waals surface area contributed by atoms with Gasteiger partial charge in [0.05, 0.1) is 11.0 Å². The highest BCUT2D eigenvalue weighted by molar-refractivity contribution is 5.79. The van der Waals surface area contributed by atoms with Crippen molar-refractivity contribution in [3.05, 3.63) is 29.6 Å². The van der Waals surface area contributed by atoms with Gasteiger partial charge in [-0.2, -0.15) is 0 Å². The van der Waals surface area contributed by atoms with Crippen molar-refractivity contribution in [1.29, 1.82) is 0 Å². The molecule has 22 heavy (non-hydrogen) atoms. The zero-order chi connectivity index (χ0) is 15.5. The van der Waals surface area contributed by atoms with E-state index in [0.717, 1.165) is 16.9 Å². The first-order valence-electron chi connectivity index (χ1n) is 8.12. The normalized spacial score (nSPS) is 17.1. The molecule has 0 unspecified atom stereocenters. The molecule has 0 saturated heterocycles. The molecule has 3 rings (SSSR count). The van der Waals surface area contributed by atoms with Gasteiger partial charge in [-0.3, -0.25) is 0 Å². The van der Waals surface area contributed by atoms with E-state index in [1.807, 2.05) is 7.05 Å². The number of fused-ring (bicyclic) bond motifs is 1. The van der Waals surface area contributed by atoms with Gasteiger partial charge in [0.2, 0.25) is 0 Å². The van der Waals surface area contributed by atoms with Crippen molar-refractivity contribution in [3.63, 3.8) is 0 Å². The molecule has 118 valence electrons. The van der Waals surface area contributed by atoms with Crippen molar-refractivity contribution in [2.24, 2.45) is 17.8 Å². The van der Waals surface area contributed by atoms with E-state index in [0.29, 0.717) is 18.5 Å². The van der Waals surface area contributed by atoms with Crippen LogP contribution in [0.2, 0.25) is 0 Å². The summed E-state index contributed by atoms with van der Waals surface area (Å²) in [7, 11) is 2.03. The lowest BCUT2D eigenvalue weighted by Gasteiger charge is -2.23. The molecule has 5 heteroatoms. The fourth-order valence-corrected chi connectivity index (χ4v) is 3.16. The van der Waals surface area contributed by atoms with Crippen LogP contribution in [0.25, 0.3) is 11.0 Å². The van der Waals surface area contributed by atoms with Crippen LogP contribution >= 0.6 is 0 Å². The van der Waals surface area contributed by atoms with Crippen LogP contribution in [0.1, 0.15) is 43.5 Å². The second kappa shape index (κ2) is 6.38. The van der Waals surface area contributed by atoms with Gasteiger partial charge in [-0.1, -0.05) is 25.3 Å². The second-order valence-electron chi connectivity index (χ2n) is 6.26. The molecule has 0 radical (unpaired) electrons. The molecular weight excluding hydrogens is 274 g/mol. The Morgan fingerprint density at radius 2 is 2.14 bits per heavy atom. The number of aromatic nitrogens is 2. The number of nitrogens with two attached hydrogens (primary N) is 1. The number of hydrogen-bond acceptors (Lipinski definition) is 2. The molecule has 1 aliphatic rings. The lowest BCUT2D eigenvalue weighted by atomic mass is 9.96. The number of benzene rings is 1. The zero-order valence-corrected chi connectivity index (χ0v) is 13.5. The summed E-state index contributed by atoms with van der Waals surface area (Å²) in [5.74, 6) is 1.48. The first kappa shape index (κ1) is 14.9. The minimum Gasteiger partial charge on any atom is -0.370 e. The Morgan fingerprint density at radius 3 is 2.91 bits per heavy atom. The van der Waals surface area contributed by atoms with Crippen LogP contribution in [0.4, 0.5) is 0 Å². The predicted octanol–water partition coefficient (Wildman–Crippen LogP) is 2.62. The molecule has 1 aromatic heterocycles. The van der Waals surface area contributed by atoms with Crippen molar-refractivity contribution in [1.82, 2.24) is 14.9 Å². The fourth-order valence-electron chi connectivity index (χ4n) is 3.16. The molecule has 1 aromatic carbocycles. The Kier molecular flexibility index (Phi) is 4.32. The number of imidazole rings is 1. The van der Waals surface area contributed by atoms with Crippen LogP contribution in [0.5, 0.6) is 0 Å². The van der Waals surface area contributed by atoms with Crippen molar-refractivity contribution in [3.8, 4) is 0 Å². The van der Waals surface area contributed by atoms with Gasteiger partial charge in [-0.25, -0.2) is 9.98 Å². The van der Waals surface area contributed by atoms with Crippen molar-refractivity contribution >= 4 is 17.0 Å². The van der Waals surface area contributed by atoms with E-state index in [9.17, 15) is 0 Å². The monoisotopic (exact) mass is 299 g/mol. The number of aryl methyl sites for hydroxylation is 2. The second-order valence-corrected chi connectivity index (χ2v) is 6.26. The van der Waals surface area contributed by atoms with E-state index in [-0.39, 0.29) is 0 Å². The third-order valence-electron chi connectivity index (χ3n) is 4.48. The molecule has 3 N–H and O–H groups in total. The molecule has 0 aliphatic heterocycles. The molecule has 1 saturated carbocycles. The number of nitrogens with one attached hydrogen (secondary N) is 1. The highest BCUT2D eigenvalue weighted by atomic mass is 15.1. The standard InChI is InChI=1S/C17H25N5/c1-12-8-9-15-14(10-12)21-16(22(15)2)11-19-17(18)20-13-6-4-3-5-7-13/h8-10,13H,3-7,11H2,1-2H3,(H3,18,19,20). The summed E-state index contributed by atoms with van der Waals surface area (Å²) in [5.41, 5.74) is 9.40. The Labute approximate surface area is 131 Å². The third kappa shape index (κ3) is 3.24. The summed E-state index contributed by atoms with van der Waals surface area (Å²) in [6.45, 7) is 2.59. The van der Waals surface area contributed by atoms with E-state index < -0.39 is 0 Å². The molecule has 0 bridgehead atoms. The van der Waals surface area contributed by atoms with E-state index in [4.69, 9.17) is 5.73 Å². The van der Waals surface area contributed by atoms with Gasteiger partial charge in [-0.15, -0.1) is 0 Å². The predicted molar refractivity (Wildman–Crippen MR) is 90.8 cm³/mol. The van der Waals surface area contributed by atoms with Crippen LogP contribution in [-0.2, 0) is 13.6 Å². The Bertz CT molecular complexity index is 680. The van der Waals surface area contributed by atoms with Crippen molar-refractivity contribution in [2.75, 3.05) is 0 Å². The van der Waals surface area contributed by atoms with Gasteiger partial charge < -0.3 is 15.6 Å².